The first kappa shape index (κ1) is 32.9. The van der Waals surface area contributed by atoms with Gasteiger partial charge in [0.2, 0.25) is 11.8 Å². The number of aliphatic hydroxyl groups is 2. The van der Waals surface area contributed by atoms with Gasteiger partial charge in [-0.05, 0) is 87.0 Å². The number of carbonyl (C=O) groups excluding carboxylic acids is 4. The van der Waals surface area contributed by atoms with Crippen LogP contribution in [0.1, 0.15) is 57.3 Å². The van der Waals surface area contributed by atoms with Crippen molar-refractivity contribution in [1.29, 1.82) is 0 Å². The van der Waals surface area contributed by atoms with Gasteiger partial charge >= 0.3 is 11.9 Å². The van der Waals surface area contributed by atoms with Crippen molar-refractivity contribution in [3.8, 4) is 0 Å². The highest BCUT2D eigenvalue weighted by atomic mass is 127. The van der Waals surface area contributed by atoms with Crippen LogP contribution in [0.5, 0.6) is 0 Å². The molecule has 0 bridgehead atoms. The Morgan fingerprint density at radius 3 is 2.41 bits per heavy atom. The molecule has 3 rings (SSSR count). The molecule has 2 aliphatic rings. The lowest BCUT2D eigenvalue weighted by atomic mass is 9.91. The van der Waals surface area contributed by atoms with Crippen LogP contribution in [0.3, 0.4) is 0 Å². The summed E-state index contributed by atoms with van der Waals surface area (Å²) in [6, 6.07) is 4.64. The van der Waals surface area contributed by atoms with Crippen LogP contribution in [-0.2, 0) is 33.3 Å². The molecule has 1 heterocycles. The second kappa shape index (κ2) is 14.5. The molecule has 1 aromatic carbocycles. The van der Waals surface area contributed by atoms with E-state index in [4.69, 9.17) is 18.9 Å². The third-order valence-corrected chi connectivity index (χ3v) is 7.08. The number of hydrogen-bond acceptors (Lipinski definition) is 10. The fourth-order valence-electron chi connectivity index (χ4n) is 4.34. The Morgan fingerprint density at radius 1 is 1.12 bits per heavy atom. The molecule has 0 unspecified atom stereocenters. The molecule has 1 aromatic rings. The van der Waals surface area contributed by atoms with Crippen molar-refractivity contribution in [3.05, 3.63) is 45.0 Å². The summed E-state index contributed by atoms with van der Waals surface area (Å²) in [6.07, 6.45) is -1.78. The number of carbonyl (C=O) groups is 4. The zero-order valence-corrected chi connectivity index (χ0v) is 25.6. The molecule has 2 amide bonds. The van der Waals surface area contributed by atoms with Gasteiger partial charge in [0.1, 0.15) is 36.7 Å². The summed E-state index contributed by atoms with van der Waals surface area (Å²) < 4.78 is 23.0. The molecule has 41 heavy (non-hydrogen) atoms. The van der Waals surface area contributed by atoms with Crippen molar-refractivity contribution >= 4 is 46.3 Å². The molecule has 0 spiro atoms. The van der Waals surface area contributed by atoms with Crippen LogP contribution in [-0.4, -0.2) is 89.5 Å². The number of nitrogens with one attached hydrogen (secondary N) is 2. The SMILES string of the molecule is C[C@H](O)[C@@H](NC(=O)C1=C[C@H]2OCO[C@H]2[C@H](OC(=O)c2ccc(I)cc2)C1)C(=O)N[C@H](CO)CCC(=O)OC(C)(C)C. The Balaban J connectivity index is 1.63. The Labute approximate surface area is 252 Å². The van der Waals surface area contributed by atoms with E-state index in [2.05, 4.69) is 33.2 Å². The highest BCUT2D eigenvalue weighted by Gasteiger charge is 2.43. The van der Waals surface area contributed by atoms with Crippen molar-refractivity contribution in [2.75, 3.05) is 13.4 Å². The van der Waals surface area contributed by atoms with Crippen molar-refractivity contribution in [2.24, 2.45) is 0 Å². The van der Waals surface area contributed by atoms with Gasteiger partial charge in [-0.2, -0.15) is 0 Å². The fraction of sp³-hybridized carbons (Fsp3) is 0.571. The van der Waals surface area contributed by atoms with Gasteiger partial charge < -0.3 is 39.8 Å². The minimum atomic E-state index is -1.37. The number of rotatable bonds is 11. The first-order chi connectivity index (χ1) is 19.3. The molecule has 0 radical (unpaired) electrons. The van der Waals surface area contributed by atoms with Gasteiger partial charge in [0, 0.05) is 22.0 Å². The molecule has 4 N–H and O–H groups in total. The topological polar surface area (TPSA) is 170 Å². The first-order valence-corrected chi connectivity index (χ1v) is 14.4. The van der Waals surface area contributed by atoms with Crippen molar-refractivity contribution in [1.82, 2.24) is 10.6 Å². The molecule has 0 saturated carbocycles. The Hall–Kier alpha value is -2.59. The molecule has 13 heteroatoms. The fourth-order valence-corrected chi connectivity index (χ4v) is 4.70. The van der Waals surface area contributed by atoms with E-state index in [1.54, 1.807) is 51.1 Å². The minimum absolute atomic E-state index is 0.00420. The summed E-state index contributed by atoms with van der Waals surface area (Å²) in [5, 5.41) is 25.1. The Bertz CT molecular complexity index is 1130. The average molecular weight is 689 g/mol. The van der Waals surface area contributed by atoms with E-state index in [-0.39, 0.29) is 31.6 Å². The lowest BCUT2D eigenvalue weighted by molar-refractivity contribution is -0.155. The monoisotopic (exact) mass is 688 g/mol. The van der Waals surface area contributed by atoms with E-state index < -0.39 is 72.5 Å². The van der Waals surface area contributed by atoms with Crippen LogP contribution < -0.4 is 10.6 Å². The third kappa shape index (κ3) is 9.74. The summed E-state index contributed by atoms with van der Waals surface area (Å²) in [6.45, 7) is 6.03. The number of fused-ring (bicyclic) bond motifs is 1. The van der Waals surface area contributed by atoms with Crippen LogP contribution in [0.4, 0.5) is 0 Å². The van der Waals surface area contributed by atoms with E-state index >= 15 is 0 Å². The quantitative estimate of drug-likeness (QED) is 0.197. The van der Waals surface area contributed by atoms with Gasteiger partial charge in [0.15, 0.2) is 0 Å². The molecule has 1 saturated heterocycles. The van der Waals surface area contributed by atoms with Crippen LogP contribution in [0.15, 0.2) is 35.9 Å². The summed E-state index contributed by atoms with van der Waals surface area (Å²) >= 11 is 2.12. The van der Waals surface area contributed by atoms with E-state index in [9.17, 15) is 29.4 Å². The van der Waals surface area contributed by atoms with E-state index in [1.165, 1.54) is 6.92 Å². The second-order valence-corrected chi connectivity index (χ2v) is 12.2. The molecule has 0 aromatic heterocycles. The van der Waals surface area contributed by atoms with Crippen molar-refractivity contribution in [2.45, 2.75) is 89.1 Å². The molecular weight excluding hydrogens is 651 g/mol. The summed E-state index contributed by atoms with van der Waals surface area (Å²) in [5.74, 6) is -2.47. The standard InChI is InChI=1S/C28H37IN2O10/c1-15(33)23(26(36)30-19(13-32)9-10-22(34)41-28(2,3)4)31-25(35)17-11-20-24(39-14-38-20)21(12-17)40-27(37)16-5-7-18(29)8-6-16/h5-8,11,15,19-21,23-24,32-33H,9-10,12-14H2,1-4H3,(H,30,36)(H,31,35)/t15-,19-,20+,21+,23+,24+/m0/s1. The summed E-state index contributed by atoms with van der Waals surface area (Å²) in [4.78, 5) is 51.0. The summed E-state index contributed by atoms with van der Waals surface area (Å²) in [7, 11) is 0. The van der Waals surface area contributed by atoms with Crippen LogP contribution >= 0.6 is 22.6 Å². The Morgan fingerprint density at radius 2 is 1.80 bits per heavy atom. The number of esters is 2. The molecule has 1 aliphatic carbocycles. The predicted molar refractivity (Wildman–Crippen MR) is 153 cm³/mol. The van der Waals surface area contributed by atoms with Crippen molar-refractivity contribution in [3.63, 3.8) is 0 Å². The minimum Gasteiger partial charge on any atom is -0.460 e. The third-order valence-electron chi connectivity index (χ3n) is 6.36. The van der Waals surface area contributed by atoms with Gasteiger partial charge in [-0.3, -0.25) is 14.4 Å². The van der Waals surface area contributed by atoms with Crippen LogP contribution in [0, 0.1) is 3.57 Å². The van der Waals surface area contributed by atoms with Crippen LogP contribution in [0.25, 0.3) is 0 Å². The smallest absolute Gasteiger partial charge is 0.338 e. The van der Waals surface area contributed by atoms with E-state index in [0.29, 0.717) is 5.56 Å². The van der Waals surface area contributed by atoms with Gasteiger partial charge in [-0.25, -0.2) is 4.79 Å². The van der Waals surface area contributed by atoms with Crippen molar-refractivity contribution < 1.29 is 48.3 Å². The van der Waals surface area contributed by atoms with E-state index in [1.807, 2.05) is 0 Å². The maximum Gasteiger partial charge on any atom is 0.338 e. The molecule has 1 aliphatic heterocycles. The number of aliphatic hydroxyl groups excluding tert-OH is 2. The lowest BCUT2D eigenvalue weighted by Crippen LogP contribution is -2.55. The zero-order chi connectivity index (χ0) is 30.3. The average Bonchev–Trinajstić information content (AvgIpc) is 3.37. The Kier molecular flexibility index (Phi) is 11.7. The van der Waals surface area contributed by atoms with E-state index in [0.717, 1.165) is 3.57 Å². The number of benzene rings is 1. The zero-order valence-electron chi connectivity index (χ0n) is 23.4. The number of amides is 2. The van der Waals surface area contributed by atoms with Gasteiger partial charge in [0.25, 0.3) is 0 Å². The second-order valence-electron chi connectivity index (χ2n) is 10.9. The molecule has 12 nitrogen and oxygen atoms in total. The number of hydrogen-bond donors (Lipinski definition) is 4. The van der Waals surface area contributed by atoms with Crippen LogP contribution in [0.2, 0.25) is 0 Å². The molecule has 6 atom stereocenters. The predicted octanol–water partition coefficient (Wildman–Crippen LogP) is 1.35. The highest BCUT2D eigenvalue weighted by molar-refractivity contribution is 14.1. The van der Waals surface area contributed by atoms with Gasteiger partial charge in [0.05, 0.1) is 24.3 Å². The molecule has 226 valence electrons. The largest absolute Gasteiger partial charge is 0.460 e. The molecular formula is C28H37IN2O10. The van der Waals surface area contributed by atoms with Gasteiger partial charge in [-0.15, -0.1) is 0 Å². The lowest BCUT2D eigenvalue weighted by Gasteiger charge is -2.31. The number of halogens is 1. The number of ether oxygens (including phenoxy) is 4. The highest BCUT2D eigenvalue weighted by Crippen LogP contribution is 2.31. The normalized spacial score (nSPS) is 22.4. The molecule has 1 fully saturated rings. The maximum atomic E-state index is 13.2. The summed E-state index contributed by atoms with van der Waals surface area (Å²) in [5.41, 5.74) is -0.130. The maximum absolute atomic E-state index is 13.2. The van der Waals surface area contributed by atoms with Gasteiger partial charge in [-0.1, -0.05) is 0 Å². The first-order valence-electron chi connectivity index (χ1n) is 13.3.